The lowest BCUT2D eigenvalue weighted by Gasteiger charge is -2.24. The van der Waals surface area contributed by atoms with E-state index in [4.69, 9.17) is 35.4 Å². The number of rotatable bonds is 7. The van der Waals surface area contributed by atoms with Gasteiger partial charge >= 0.3 is 0 Å². The van der Waals surface area contributed by atoms with Crippen LogP contribution in [-0.4, -0.2) is 38.8 Å². The first-order valence-corrected chi connectivity index (χ1v) is 12.2. The topological polar surface area (TPSA) is 81.8 Å². The smallest absolute Gasteiger partial charge is 0.271 e. The summed E-state index contributed by atoms with van der Waals surface area (Å²) in [4.78, 5) is 40.7. The predicted octanol–water partition coefficient (Wildman–Crippen LogP) is 4.97. The molecule has 0 spiro atoms. The van der Waals surface area contributed by atoms with Gasteiger partial charge < -0.3 is 5.32 Å². The van der Waals surface area contributed by atoms with E-state index in [-0.39, 0.29) is 28.7 Å². The summed E-state index contributed by atoms with van der Waals surface area (Å²) in [5.74, 6) is -1.38. The Balaban J connectivity index is 1.58. The molecule has 3 aromatic rings. The quantitative estimate of drug-likeness (QED) is 0.413. The summed E-state index contributed by atoms with van der Waals surface area (Å²) < 4.78 is 0. The summed E-state index contributed by atoms with van der Waals surface area (Å²) in [6.07, 6.45) is -0.229. The van der Waals surface area contributed by atoms with Crippen molar-refractivity contribution in [3.05, 3.63) is 99.5 Å². The number of amides is 3. The van der Waals surface area contributed by atoms with Crippen LogP contribution in [0, 0.1) is 6.92 Å². The number of anilines is 1. The Morgan fingerprint density at radius 3 is 2.44 bits per heavy atom. The molecule has 4 rings (SSSR count). The van der Waals surface area contributed by atoms with Crippen molar-refractivity contribution >= 4 is 63.9 Å². The van der Waals surface area contributed by atoms with E-state index < -0.39 is 23.8 Å². The van der Waals surface area contributed by atoms with E-state index >= 15 is 0 Å². The monoisotopic (exact) mass is 540 g/mol. The number of halogens is 2. The van der Waals surface area contributed by atoms with Crippen LogP contribution in [0.5, 0.6) is 0 Å². The molecule has 1 aliphatic heterocycles. The Morgan fingerprint density at radius 1 is 1.00 bits per heavy atom. The number of benzene rings is 3. The van der Waals surface area contributed by atoms with E-state index in [1.807, 2.05) is 55.5 Å². The van der Waals surface area contributed by atoms with Crippen LogP contribution in [-0.2, 0) is 16.1 Å². The van der Waals surface area contributed by atoms with Crippen LogP contribution >= 0.6 is 35.4 Å². The molecule has 0 bridgehead atoms. The summed E-state index contributed by atoms with van der Waals surface area (Å²) >= 11 is 17.7. The van der Waals surface area contributed by atoms with Gasteiger partial charge in [0.05, 0.1) is 23.6 Å². The van der Waals surface area contributed by atoms with Crippen LogP contribution in [0.4, 0.5) is 5.69 Å². The zero-order chi connectivity index (χ0) is 25.8. The van der Waals surface area contributed by atoms with Crippen LogP contribution in [0.2, 0.25) is 10.0 Å². The molecule has 0 radical (unpaired) electrons. The van der Waals surface area contributed by atoms with Crippen molar-refractivity contribution in [1.82, 2.24) is 15.3 Å². The lowest BCUT2D eigenvalue weighted by molar-refractivity contribution is -0.131. The fourth-order valence-corrected chi connectivity index (χ4v) is 4.64. The van der Waals surface area contributed by atoms with Gasteiger partial charge in [-0.05, 0) is 60.6 Å². The van der Waals surface area contributed by atoms with Crippen molar-refractivity contribution in [1.29, 1.82) is 0 Å². The third-order valence-electron chi connectivity index (χ3n) is 5.56. The number of aryl methyl sites for hydroxylation is 1. The Labute approximate surface area is 223 Å². The second-order valence-electron chi connectivity index (χ2n) is 8.27. The average Bonchev–Trinajstić information content (AvgIpc) is 3.03. The van der Waals surface area contributed by atoms with Crippen LogP contribution in [0.25, 0.3) is 0 Å². The summed E-state index contributed by atoms with van der Waals surface area (Å²) in [6, 6.07) is 20.0. The zero-order valence-corrected chi connectivity index (χ0v) is 21.5. The summed E-state index contributed by atoms with van der Waals surface area (Å²) in [5, 5.41) is 4.66. The normalized spacial score (nSPS) is 15.2. The maximum Gasteiger partial charge on any atom is 0.271 e. The van der Waals surface area contributed by atoms with E-state index in [2.05, 4.69) is 10.7 Å². The number of hydrogen-bond donors (Lipinski definition) is 2. The molecular weight excluding hydrogens is 519 g/mol. The number of carbonyl (C=O) groups excluding carboxylic acids is 3. The van der Waals surface area contributed by atoms with Gasteiger partial charge in [-0.15, -0.1) is 0 Å². The molecule has 1 unspecified atom stereocenters. The molecule has 1 heterocycles. The van der Waals surface area contributed by atoms with Crippen molar-refractivity contribution in [2.45, 2.75) is 25.9 Å². The van der Waals surface area contributed by atoms with Crippen LogP contribution in [0.1, 0.15) is 27.9 Å². The van der Waals surface area contributed by atoms with Crippen LogP contribution in [0.15, 0.2) is 72.8 Å². The van der Waals surface area contributed by atoms with Gasteiger partial charge in [-0.25, -0.2) is 5.01 Å². The van der Waals surface area contributed by atoms with Gasteiger partial charge in [0.2, 0.25) is 5.91 Å². The summed E-state index contributed by atoms with van der Waals surface area (Å²) in [6.45, 7) is 2.11. The highest BCUT2D eigenvalue weighted by Crippen LogP contribution is 2.25. The standard InChI is InChI=1S/C26H22Cl2N4O3S/c1-16-6-5-9-19(12-16)29-23(33)14-22-25(35)31(15-17-7-3-2-4-8-17)26(36)32(22)30-24(34)20-11-10-18(27)13-21(20)28/h2-13,22H,14-15H2,1H3,(H,29,33)(H,30,34). The minimum atomic E-state index is -1.04. The van der Waals surface area contributed by atoms with Gasteiger partial charge in [-0.2, -0.15) is 0 Å². The highest BCUT2D eigenvalue weighted by Gasteiger charge is 2.44. The molecule has 0 saturated carbocycles. The zero-order valence-electron chi connectivity index (χ0n) is 19.2. The van der Waals surface area contributed by atoms with Gasteiger partial charge in [-0.1, -0.05) is 65.7 Å². The molecule has 3 aromatic carbocycles. The Bertz CT molecular complexity index is 1340. The van der Waals surface area contributed by atoms with Crippen molar-refractivity contribution < 1.29 is 14.4 Å². The number of nitrogens with zero attached hydrogens (tertiary/aromatic N) is 2. The van der Waals surface area contributed by atoms with E-state index in [0.717, 1.165) is 11.1 Å². The van der Waals surface area contributed by atoms with Gasteiger partial charge in [0.1, 0.15) is 6.04 Å². The molecule has 1 fully saturated rings. The number of nitrogens with one attached hydrogen (secondary N) is 2. The first-order valence-electron chi connectivity index (χ1n) is 11.0. The summed E-state index contributed by atoms with van der Waals surface area (Å²) in [5.41, 5.74) is 5.26. The molecule has 1 atom stereocenters. The second kappa shape index (κ2) is 11.1. The molecule has 0 aromatic heterocycles. The minimum absolute atomic E-state index is 0.0793. The molecule has 1 saturated heterocycles. The van der Waals surface area contributed by atoms with Crippen molar-refractivity contribution in [3.8, 4) is 0 Å². The molecule has 1 aliphatic rings. The average molecular weight is 541 g/mol. The highest BCUT2D eigenvalue weighted by molar-refractivity contribution is 7.80. The Hall–Kier alpha value is -3.46. The van der Waals surface area contributed by atoms with Crippen LogP contribution in [0.3, 0.4) is 0 Å². The number of hydrogen-bond acceptors (Lipinski definition) is 4. The fraction of sp³-hybridized carbons (Fsp3) is 0.154. The largest absolute Gasteiger partial charge is 0.326 e. The van der Waals surface area contributed by atoms with Gasteiger partial charge in [0.25, 0.3) is 11.8 Å². The molecule has 0 aliphatic carbocycles. The predicted molar refractivity (Wildman–Crippen MR) is 144 cm³/mol. The Morgan fingerprint density at radius 2 is 1.75 bits per heavy atom. The SMILES string of the molecule is Cc1cccc(NC(=O)CC2C(=O)N(Cc3ccccc3)C(=S)N2NC(=O)c2ccc(Cl)cc2Cl)c1. The van der Waals surface area contributed by atoms with Crippen molar-refractivity contribution in [3.63, 3.8) is 0 Å². The van der Waals surface area contributed by atoms with Gasteiger partial charge in [-0.3, -0.25) is 24.7 Å². The fourth-order valence-electron chi connectivity index (χ4n) is 3.82. The summed E-state index contributed by atoms with van der Waals surface area (Å²) in [7, 11) is 0. The highest BCUT2D eigenvalue weighted by atomic mass is 35.5. The third-order valence-corrected chi connectivity index (χ3v) is 6.53. The minimum Gasteiger partial charge on any atom is -0.326 e. The number of hydrazine groups is 1. The molecule has 184 valence electrons. The van der Waals surface area contributed by atoms with Crippen molar-refractivity contribution in [2.75, 3.05) is 5.32 Å². The first kappa shape index (κ1) is 25.6. The first-order chi connectivity index (χ1) is 17.2. The maximum atomic E-state index is 13.4. The van der Waals surface area contributed by atoms with E-state index in [9.17, 15) is 14.4 Å². The molecule has 7 nitrogen and oxygen atoms in total. The Kier molecular flexibility index (Phi) is 7.88. The lowest BCUT2D eigenvalue weighted by atomic mass is 10.1. The van der Waals surface area contributed by atoms with Gasteiger partial charge in [0.15, 0.2) is 5.11 Å². The second-order valence-corrected chi connectivity index (χ2v) is 9.47. The van der Waals surface area contributed by atoms with Crippen molar-refractivity contribution in [2.24, 2.45) is 0 Å². The molecular formula is C26H22Cl2N4O3S. The number of thiocarbonyl (C=S) groups is 1. The van der Waals surface area contributed by atoms with E-state index in [1.54, 1.807) is 6.07 Å². The maximum absolute atomic E-state index is 13.4. The third kappa shape index (κ3) is 5.84. The van der Waals surface area contributed by atoms with Gasteiger partial charge in [0, 0.05) is 10.7 Å². The molecule has 36 heavy (non-hydrogen) atoms. The number of carbonyl (C=O) groups is 3. The molecule has 10 heteroatoms. The lowest BCUT2D eigenvalue weighted by Crippen LogP contribution is -2.49. The van der Waals surface area contributed by atoms with E-state index in [0.29, 0.717) is 10.7 Å². The van der Waals surface area contributed by atoms with E-state index in [1.165, 1.54) is 28.1 Å². The van der Waals surface area contributed by atoms with Crippen LogP contribution < -0.4 is 10.7 Å². The molecule has 2 N–H and O–H groups in total. The molecule has 3 amide bonds.